The van der Waals surface area contributed by atoms with E-state index in [4.69, 9.17) is 34.7 Å². The zero-order valence-electron chi connectivity index (χ0n) is 14.9. The van der Waals surface area contributed by atoms with Crippen LogP contribution in [0.1, 0.15) is 11.7 Å². The summed E-state index contributed by atoms with van der Waals surface area (Å²) < 4.78 is 0. The highest BCUT2D eigenvalue weighted by atomic mass is 35.5. The number of H-pyrrole nitrogens is 1. The molecule has 0 aliphatic carbocycles. The van der Waals surface area contributed by atoms with Gasteiger partial charge in [-0.15, -0.1) is 0 Å². The molecular formula is C19H15Cl2N7O. The molecule has 0 aliphatic heterocycles. The molecule has 0 saturated heterocycles. The molecule has 0 saturated carbocycles. The van der Waals surface area contributed by atoms with E-state index in [1.165, 1.54) is 12.5 Å². The van der Waals surface area contributed by atoms with Gasteiger partial charge in [0, 0.05) is 21.0 Å². The minimum Gasteiger partial charge on any atom is -0.368 e. The minimum atomic E-state index is -0.939. The number of imidazole rings is 1. The van der Waals surface area contributed by atoms with Crippen molar-refractivity contribution in [3.05, 3.63) is 64.7 Å². The van der Waals surface area contributed by atoms with Gasteiger partial charge in [0.15, 0.2) is 0 Å². The van der Waals surface area contributed by atoms with Crippen LogP contribution in [0.15, 0.2) is 48.9 Å². The molecule has 29 heavy (non-hydrogen) atoms. The number of nitrogen functional groups attached to an aromatic ring is 1. The van der Waals surface area contributed by atoms with Crippen LogP contribution in [0.2, 0.25) is 10.0 Å². The van der Waals surface area contributed by atoms with E-state index in [2.05, 4.69) is 25.3 Å². The first kappa shape index (κ1) is 19.1. The van der Waals surface area contributed by atoms with Crippen molar-refractivity contribution < 1.29 is 4.79 Å². The molecule has 4 aromatic rings. The Kier molecular flexibility index (Phi) is 5.06. The van der Waals surface area contributed by atoms with Crippen molar-refractivity contribution in [3.8, 4) is 11.3 Å². The second-order valence-electron chi connectivity index (χ2n) is 6.26. The van der Waals surface area contributed by atoms with E-state index in [0.717, 1.165) is 0 Å². The van der Waals surface area contributed by atoms with Crippen LogP contribution in [0.4, 0.5) is 11.6 Å². The van der Waals surface area contributed by atoms with Gasteiger partial charge in [0.2, 0.25) is 11.9 Å². The lowest BCUT2D eigenvalue weighted by molar-refractivity contribution is -0.117. The fraction of sp³-hybridized carbons (Fsp3) is 0.0526. The molecule has 2 aromatic heterocycles. The quantitative estimate of drug-likeness (QED) is 0.393. The third-order valence-electron chi connectivity index (χ3n) is 4.31. The fourth-order valence-electron chi connectivity index (χ4n) is 2.94. The lowest BCUT2D eigenvalue weighted by Crippen LogP contribution is -2.28. The summed E-state index contributed by atoms with van der Waals surface area (Å²) in [5.41, 5.74) is 14.5. The zero-order chi connectivity index (χ0) is 20.5. The van der Waals surface area contributed by atoms with Crippen LogP contribution in [-0.2, 0) is 4.79 Å². The summed E-state index contributed by atoms with van der Waals surface area (Å²) in [5, 5.41) is 4.44. The van der Waals surface area contributed by atoms with Crippen molar-refractivity contribution in [1.82, 2.24) is 19.9 Å². The summed E-state index contributed by atoms with van der Waals surface area (Å²) in [6, 6.07) is 9.31. The van der Waals surface area contributed by atoms with Gasteiger partial charge in [-0.3, -0.25) is 4.79 Å². The zero-order valence-corrected chi connectivity index (χ0v) is 16.4. The number of benzene rings is 2. The Morgan fingerprint density at radius 1 is 1.10 bits per heavy atom. The van der Waals surface area contributed by atoms with Crippen LogP contribution < -0.4 is 16.8 Å². The molecule has 6 N–H and O–H groups in total. The summed E-state index contributed by atoms with van der Waals surface area (Å²) >= 11 is 12.3. The van der Waals surface area contributed by atoms with Gasteiger partial charge in [0.05, 0.1) is 35.1 Å². The molecule has 0 fully saturated rings. The first-order valence-corrected chi connectivity index (χ1v) is 9.25. The number of fused-ring (bicyclic) bond motifs is 1. The fourth-order valence-corrected chi connectivity index (χ4v) is 3.28. The normalized spacial score (nSPS) is 12.1. The van der Waals surface area contributed by atoms with Gasteiger partial charge < -0.3 is 21.8 Å². The third-order valence-corrected chi connectivity index (χ3v) is 4.78. The van der Waals surface area contributed by atoms with Crippen LogP contribution in [0, 0.1) is 0 Å². The molecule has 10 heteroatoms. The van der Waals surface area contributed by atoms with Gasteiger partial charge in [-0.2, -0.15) is 0 Å². The van der Waals surface area contributed by atoms with E-state index in [0.29, 0.717) is 43.6 Å². The number of amides is 1. The van der Waals surface area contributed by atoms with Gasteiger partial charge in [0.1, 0.15) is 6.04 Å². The monoisotopic (exact) mass is 427 g/mol. The number of hydrogen-bond donors (Lipinski definition) is 4. The Morgan fingerprint density at radius 3 is 2.62 bits per heavy atom. The van der Waals surface area contributed by atoms with Gasteiger partial charge in [-0.05, 0) is 36.4 Å². The lowest BCUT2D eigenvalue weighted by Gasteiger charge is -2.15. The van der Waals surface area contributed by atoms with Crippen molar-refractivity contribution in [2.45, 2.75) is 6.04 Å². The predicted octanol–water partition coefficient (Wildman–Crippen LogP) is 3.55. The van der Waals surface area contributed by atoms with Crippen molar-refractivity contribution in [3.63, 3.8) is 0 Å². The molecule has 0 spiro atoms. The number of rotatable bonds is 4. The smallest absolute Gasteiger partial charge is 0.247 e. The van der Waals surface area contributed by atoms with Crippen LogP contribution in [0.25, 0.3) is 22.2 Å². The highest BCUT2D eigenvalue weighted by molar-refractivity contribution is 6.32. The number of nitrogens with one attached hydrogen (secondary N) is 2. The number of hydrogen-bond acceptors (Lipinski definition) is 6. The molecule has 4 rings (SSSR count). The summed E-state index contributed by atoms with van der Waals surface area (Å²) in [5.74, 6) is -0.349. The Hall–Kier alpha value is -3.20. The average molecular weight is 428 g/mol. The Morgan fingerprint density at radius 2 is 1.86 bits per heavy atom. The maximum Gasteiger partial charge on any atom is 0.247 e. The van der Waals surface area contributed by atoms with Gasteiger partial charge in [-0.25, -0.2) is 15.0 Å². The van der Waals surface area contributed by atoms with Crippen LogP contribution in [0.5, 0.6) is 0 Å². The summed E-state index contributed by atoms with van der Waals surface area (Å²) in [4.78, 5) is 28.0. The number of nitrogens with two attached hydrogens (primary N) is 2. The number of nitrogens with zero attached hydrogens (tertiary/aromatic N) is 3. The van der Waals surface area contributed by atoms with Crippen LogP contribution >= 0.6 is 23.2 Å². The Bertz CT molecular complexity index is 1210. The van der Waals surface area contributed by atoms with Crippen LogP contribution in [-0.4, -0.2) is 25.8 Å². The topological polar surface area (TPSA) is 136 Å². The maximum absolute atomic E-state index is 12.7. The molecule has 1 atom stereocenters. The molecular weight excluding hydrogens is 413 g/mol. The molecule has 1 unspecified atom stereocenters. The first-order valence-electron chi connectivity index (χ1n) is 8.50. The van der Waals surface area contributed by atoms with E-state index in [1.54, 1.807) is 36.4 Å². The largest absolute Gasteiger partial charge is 0.368 e. The number of aromatic amines is 1. The molecule has 8 nitrogen and oxygen atoms in total. The van der Waals surface area contributed by atoms with Crippen molar-refractivity contribution in [1.29, 1.82) is 0 Å². The third kappa shape index (κ3) is 3.86. The number of anilines is 2. The summed E-state index contributed by atoms with van der Waals surface area (Å²) in [6.45, 7) is 0. The second-order valence-corrected chi connectivity index (χ2v) is 7.13. The number of carbonyl (C=O) groups excluding carboxylic acids is 1. The summed E-state index contributed by atoms with van der Waals surface area (Å²) in [7, 11) is 0. The molecule has 2 heterocycles. The van der Waals surface area contributed by atoms with E-state index >= 15 is 0 Å². The molecule has 1 amide bonds. The highest BCUT2D eigenvalue weighted by Gasteiger charge is 2.20. The van der Waals surface area contributed by atoms with E-state index in [-0.39, 0.29) is 5.95 Å². The standard InChI is InChI=1S/C19H15Cl2N7O/c20-9-2-4-13-12(5-9)17(28-19(23)27-13)11-3-1-10(21)6-14(11)26-18(29)16(22)15-7-24-8-25-15/h1-8,16H,22H2,(H,24,25)(H,26,29)(H2,23,27,28). The highest BCUT2D eigenvalue weighted by Crippen LogP contribution is 2.35. The predicted molar refractivity (Wildman–Crippen MR) is 114 cm³/mol. The maximum atomic E-state index is 12.7. The molecule has 0 radical (unpaired) electrons. The number of aromatic nitrogens is 4. The second kappa shape index (κ2) is 7.67. The summed E-state index contributed by atoms with van der Waals surface area (Å²) in [6.07, 6.45) is 2.94. The number of halogens is 2. The van der Waals surface area contributed by atoms with E-state index < -0.39 is 11.9 Å². The SMILES string of the molecule is Nc1nc(-c2ccc(Cl)cc2NC(=O)C(N)c2cnc[nH]2)c2cc(Cl)ccc2n1. The molecule has 146 valence electrons. The van der Waals surface area contributed by atoms with Crippen molar-refractivity contribution in [2.24, 2.45) is 5.73 Å². The van der Waals surface area contributed by atoms with Crippen LogP contribution in [0.3, 0.4) is 0 Å². The average Bonchev–Trinajstić information content (AvgIpc) is 3.22. The molecule has 2 aromatic carbocycles. The minimum absolute atomic E-state index is 0.0937. The van der Waals surface area contributed by atoms with E-state index in [1.807, 2.05) is 0 Å². The Labute approximate surface area is 175 Å². The Balaban J connectivity index is 1.81. The van der Waals surface area contributed by atoms with Crippen molar-refractivity contribution >= 4 is 51.6 Å². The molecule has 0 aliphatic rings. The first-order chi connectivity index (χ1) is 13.9. The van der Waals surface area contributed by atoms with Gasteiger partial charge in [0.25, 0.3) is 0 Å². The molecule has 0 bridgehead atoms. The number of carbonyl (C=O) groups is 1. The van der Waals surface area contributed by atoms with E-state index in [9.17, 15) is 4.79 Å². The van der Waals surface area contributed by atoms with Gasteiger partial charge in [-0.1, -0.05) is 23.2 Å². The van der Waals surface area contributed by atoms with Crippen molar-refractivity contribution in [2.75, 3.05) is 11.1 Å². The lowest BCUT2D eigenvalue weighted by atomic mass is 10.0. The van der Waals surface area contributed by atoms with Gasteiger partial charge >= 0.3 is 0 Å².